The van der Waals surface area contributed by atoms with Gasteiger partial charge in [0.05, 0.1) is 16.9 Å². The summed E-state index contributed by atoms with van der Waals surface area (Å²) >= 11 is 1.82. The molecular weight excluding hydrogens is 311 g/mol. The lowest BCUT2D eigenvalue weighted by atomic mass is 10.2. The van der Waals surface area contributed by atoms with Gasteiger partial charge in [0.15, 0.2) is 0 Å². The molecule has 0 radical (unpaired) electrons. The fourth-order valence-corrected chi connectivity index (χ4v) is 4.00. The summed E-state index contributed by atoms with van der Waals surface area (Å²) in [7, 11) is 0. The maximum atomic E-state index is 13.7. The minimum atomic E-state index is -0.204. The van der Waals surface area contributed by atoms with Gasteiger partial charge in [-0.1, -0.05) is 0 Å². The third-order valence-corrected chi connectivity index (χ3v) is 5.65. The molecule has 0 bridgehead atoms. The molecule has 23 heavy (non-hydrogen) atoms. The molecule has 2 aliphatic rings. The van der Waals surface area contributed by atoms with Crippen molar-refractivity contribution >= 4 is 11.3 Å². The summed E-state index contributed by atoms with van der Waals surface area (Å²) < 4.78 is 13.7. The van der Waals surface area contributed by atoms with Crippen LogP contribution in [-0.4, -0.2) is 45.9 Å². The van der Waals surface area contributed by atoms with Gasteiger partial charge in [0, 0.05) is 62.3 Å². The van der Waals surface area contributed by atoms with E-state index < -0.39 is 0 Å². The Balaban J connectivity index is 1.27. The highest BCUT2D eigenvalue weighted by Gasteiger charge is 2.27. The van der Waals surface area contributed by atoms with E-state index in [1.54, 1.807) is 12.3 Å². The number of thiazole rings is 1. The summed E-state index contributed by atoms with van der Waals surface area (Å²) in [5.41, 5.74) is 1.95. The largest absolute Gasteiger partial charge is 0.296 e. The third-order valence-electron chi connectivity index (χ3n) is 4.60. The maximum Gasteiger partial charge on any atom is 0.145 e. The minimum absolute atomic E-state index is 0.204. The zero-order valence-electron chi connectivity index (χ0n) is 13.1. The number of halogens is 1. The normalized spacial score (nSPS) is 20.0. The molecule has 1 saturated carbocycles. The number of pyridine rings is 1. The van der Waals surface area contributed by atoms with E-state index in [0.717, 1.165) is 44.2 Å². The summed E-state index contributed by atoms with van der Waals surface area (Å²) in [5, 5.41) is 3.54. The molecule has 2 aromatic rings. The van der Waals surface area contributed by atoms with Gasteiger partial charge in [0.25, 0.3) is 0 Å². The average molecular weight is 332 g/mol. The highest BCUT2D eigenvalue weighted by Crippen LogP contribution is 2.41. The Morgan fingerprint density at radius 3 is 2.57 bits per heavy atom. The van der Waals surface area contributed by atoms with Crippen LogP contribution in [0.25, 0.3) is 0 Å². The first kappa shape index (κ1) is 15.2. The third kappa shape index (κ3) is 3.76. The van der Waals surface area contributed by atoms with Crippen LogP contribution in [0.2, 0.25) is 0 Å². The van der Waals surface area contributed by atoms with Crippen LogP contribution in [0.5, 0.6) is 0 Å². The molecule has 0 atom stereocenters. The maximum absolute atomic E-state index is 13.7. The standard InChI is InChI=1S/C17H21FN4S/c18-16-9-19-4-3-14(16)10-21-5-7-22(8-6-21)11-15-12-23-17(20-15)13-1-2-13/h3-4,9,12-13H,1-2,5-8,10-11H2. The van der Waals surface area contributed by atoms with Crippen molar-refractivity contribution in [1.29, 1.82) is 0 Å². The molecule has 4 nitrogen and oxygen atoms in total. The molecule has 2 fully saturated rings. The van der Waals surface area contributed by atoms with Crippen LogP contribution in [0.15, 0.2) is 23.8 Å². The van der Waals surface area contributed by atoms with E-state index in [1.165, 1.54) is 29.7 Å². The first-order valence-electron chi connectivity index (χ1n) is 8.25. The molecule has 0 N–H and O–H groups in total. The highest BCUT2D eigenvalue weighted by atomic mass is 32.1. The molecular formula is C17H21FN4S. The van der Waals surface area contributed by atoms with Crippen LogP contribution >= 0.6 is 11.3 Å². The molecule has 0 spiro atoms. The van der Waals surface area contributed by atoms with Crippen molar-refractivity contribution in [2.24, 2.45) is 0 Å². The fourth-order valence-electron chi connectivity index (χ4n) is 3.02. The predicted octanol–water partition coefficient (Wildman–Crippen LogP) is 2.87. The molecule has 3 heterocycles. The number of hydrogen-bond acceptors (Lipinski definition) is 5. The fraction of sp³-hybridized carbons (Fsp3) is 0.529. The highest BCUT2D eigenvalue weighted by molar-refractivity contribution is 7.09. The second-order valence-electron chi connectivity index (χ2n) is 6.47. The predicted molar refractivity (Wildman–Crippen MR) is 88.8 cm³/mol. The van der Waals surface area contributed by atoms with Crippen molar-refractivity contribution in [3.8, 4) is 0 Å². The Labute approximate surface area is 140 Å². The first-order chi connectivity index (χ1) is 11.3. The number of aromatic nitrogens is 2. The van der Waals surface area contributed by atoms with Crippen molar-refractivity contribution in [2.75, 3.05) is 26.2 Å². The van der Waals surface area contributed by atoms with Crippen LogP contribution in [0, 0.1) is 5.82 Å². The zero-order valence-corrected chi connectivity index (χ0v) is 13.9. The van der Waals surface area contributed by atoms with Crippen molar-refractivity contribution in [1.82, 2.24) is 19.8 Å². The van der Waals surface area contributed by atoms with Gasteiger partial charge in [-0.3, -0.25) is 14.8 Å². The molecule has 0 aromatic carbocycles. The monoisotopic (exact) mass is 332 g/mol. The quantitative estimate of drug-likeness (QED) is 0.843. The van der Waals surface area contributed by atoms with Gasteiger partial charge in [-0.05, 0) is 18.9 Å². The van der Waals surface area contributed by atoms with Crippen molar-refractivity contribution < 1.29 is 4.39 Å². The van der Waals surface area contributed by atoms with Crippen LogP contribution in [0.4, 0.5) is 4.39 Å². The summed E-state index contributed by atoms with van der Waals surface area (Å²) in [4.78, 5) is 13.3. The van der Waals surface area contributed by atoms with Crippen LogP contribution in [-0.2, 0) is 13.1 Å². The smallest absolute Gasteiger partial charge is 0.145 e. The van der Waals surface area contributed by atoms with Gasteiger partial charge in [-0.2, -0.15) is 0 Å². The summed E-state index contributed by atoms with van der Waals surface area (Å²) in [5.74, 6) is 0.547. The number of nitrogens with zero attached hydrogens (tertiary/aromatic N) is 4. The van der Waals surface area contributed by atoms with Crippen molar-refractivity contribution in [2.45, 2.75) is 31.8 Å². The summed E-state index contributed by atoms with van der Waals surface area (Å²) in [6.45, 7) is 5.60. The van der Waals surface area contributed by atoms with Gasteiger partial charge in [-0.25, -0.2) is 9.37 Å². The number of rotatable bonds is 5. The lowest BCUT2D eigenvalue weighted by Crippen LogP contribution is -2.45. The SMILES string of the molecule is Fc1cnccc1CN1CCN(Cc2csc(C3CC3)n2)CC1. The number of piperazine rings is 1. The van der Waals surface area contributed by atoms with E-state index in [1.807, 2.05) is 11.3 Å². The van der Waals surface area contributed by atoms with Gasteiger partial charge in [0.1, 0.15) is 5.82 Å². The van der Waals surface area contributed by atoms with Crippen molar-refractivity contribution in [3.63, 3.8) is 0 Å². The van der Waals surface area contributed by atoms with E-state index in [9.17, 15) is 4.39 Å². The lowest BCUT2D eigenvalue weighted by molar-refractivity contribution is 0.120. The van der Waals surface area contributed by atoms with Gasteiger partial charge in [0.2, 0.25) is 0 Å². The van der Waals surface area contributed by atoms with Gasteiger partial charge >= 0.3 is 0 Å². The van der Waals surface area contributed by atoms with Crippen molar-refractivity contribution in [3.05, 3.63) is 45.9 Å². The molecule has 0 amide bonds. The molecule has 4 rings (SSSR count). The zero-order chi connectivity index (χ0) is 15.6. The molecule has 0 unspecified atom stereocenters. The lowest BCUT2D eigenvalue weighted by Gasteiger charge is -2.34. The molecule has 6 heteroatoms. The minimum Gasteiger partial charge on any atom is -0.296 e. The molecule has 1 aliphatic heterocycles. The van der Waals surface area contributed by atoms with E-state index in [-0.39, 0.29) is 5.82 Å². The molecule has 1 saturated heterocycles. The average Bonchev–Trinajstić information content (AvgIpc) is 3.32. The summed E-state index contributed by atoms with van der Waals surface area (Å²) in [6, 6.07) is 1.77. The van der Waals surface area contributed by atoms with Crippen LogP contribution in [0.3, 0.4) is 0 Å². The Morgan fingerprint density at radius 1 is 1.13 bits per heavy atom. The first-order valence-corrected chi connectivity index (χ1v) is 9.13. The summed E-state index contributed by atoms with van der Waals surface area (Å²) in [6.07, 6.45) is 5.59. The second kappa shape index (κ2) is 6.63. The molecule has 122 valence electrons. The number of hydrogen-bond donors (Lipinski definition) is 0. The van der Waals surface area contributed by atoms with Gasteiger partial charge < -0.3 is 0 Å². The topological polar surface area (TPSA) is 32.3 Å². The van der Waals surface area contributed by atoms with Crippen LogP contribution < -0.4 is 0 Å². The van der Waals surface area contributed by atoms with Gasteiger partial charge in [-0.15, -0.1) is 11.3 Å². The Morgan fingerprint density at radius 2 is 1.87 bits per heavy atom. The molecule has 1 aliphatic carbocycles. The van der Waals surface area contributed by atoms with E-state index in [0.29, 0.717) is 6.54 Å². The molecule has 2 aromatic heterocycles. The second-order valence-corrected chi connectivity index (χ2v) is 7.36. The van der Waals surface area contributed by atoms with E-state index >= 15 is 0 Å². The Kier molecular flexibility index (Phi) is 4.37. The Bertz CT molecular complexity index is 662. The van der Waals surface area contributed by atoms with Crippen LogP contribution in [0.1, 0.15) is 35.0 Å². The van der Waals surface area contributed by atoms with E-state index in [2.05, 4.69) is 20.2 Å². The Hall–Kier alpha value is -1.37. The van der Waals surface area contributed by atoms with E-state index in [4.69, 9.17) is 4.98 Å².